The zero-order valence-corrected chi connectivity index (χ0v) is 16.3. The van der Waals surface area contributed by atoms with Crippen LogP contribution in [0, 0.1) is 5.92 Å². The van der Waals surface area contributed by atoms with E-state index in [0.29, 0.717) is 6.61 Å². The van der Waals surface area contributed by atoms with Crippen molar-refractivity contribution in [2.24, 2.45) is 5.92 Å². The largest absolute Gasteiger partial charge is 0.481 e. The molecule has 2 heterocycles. The highest BCUT2D eigenvalue weighted by Gasteiger charge is 2.54. The lowest BCUT2D eigenvalue weighted by molar-refractivity contribution is -0.242. The van der Waals surface area contributed by atoms with Crippen LogP contribution in [-0.2, 0) is 19.1 Å². The summed E-state index contributed by atoms with van der Waals surface area (Å²) in [6.45, 7) is 7.50. The smallest absolute Gasteiger partial charge is 0.306 e. The Morgan fingerprint density at radius 2 is 2.08 bits per heavy atom. The number of carbonyl (C=O) groups excluding carboxylic acids is 1. The summed E-state index contributed by atoms with van der Waals surface area (Å²) in [5, 5.41) is 18.7. The number of hydrogen-bond acceptors (Lipinski definition) is 5. The minimum Gasteiger partial charge on any atom is -0.481 e. The summed E-state index contributed by atoms with van der Waals surface area (Å²) in [4.78, 5) is 23.2. The van der Waals surface area contributed by atoms with Crippen LogP contribution in [0.3, 0.4) is 0 Å². The van der Waals surface area contributed by atoms with Crippen molar-refractivity contribution in [3.63, 3.8) is 0 Å². The van der Waals surface area contributed by atoms with Gasteiger partial charge in [-0.3, -0.25) is 9.59 Å². The molecule has 2 N–H and O–H groups in total. The molecule has 4 atom stereocenters. The molecule has 0 aromatic carbocycles. The highest BCUT2D eigenvalue weighted by atomic mass is 16.6. The van der Waals surface area contributed by atoms with Crippen LogP contribution in [0.5, 0.6) is 0 Å². The summed E-state index contributed by atoms with van der Waals surface area (Å²) in [5.74, 6) is -0.958. The number of aliphatic hydroxyl groups is 1. The lowest BCUT2D eigenvalue weighted by Crippen LogP contribution is -2.53. The molecule has 26 heavy (non-hydrogen) atoms. The molecule has 2 rings (SSSR count). The van der Waals surface area contributed by atoms with Crippen LogP contribution in [0.1, 0.15) is 66.2 Å². The molecule has 2 aliphatic rings. The number of carbonyl (C=O) groups is 2. The maximum absolute atomic E-state index is 12.1. The Bertz CT molecular complexity index is 563. The van der Waals surface area contributed by atoms with Crippen LogP contribution in [0.25, 0.3) is 0 Å². The molecule has 2 fully saturated rings. The van der Waals surface area contributed by atoms with E-state index in [-0.39, 0.29) is 24.2 Å². The number of rotatable bonds is 9. The SMILES string of the molecule is CC(CCC[C@]1(C)OC[C@]2(CC(=O)O)CC[C@H]1O2)C(=O)/C=C/C(C)(C)O. The first-order valence-electron chi connectivity index (χ1n) is 9.44. The number of aliphatic carboxylic acids is 1. The van der Waals surface area contributed by atoms with Gasteiger partial charge in [0.1, 0.15) is 5.60 Å². The molecule has 0 saturated carbocycles. The fourth-order valence-electron chi connectivity index (χ4n) is 3.78. The van der Waals surface area contributed by atoms with Crippen LogP contribution < -0.4 is 0 Å². The molecular weight excluding hydrogens is 336 g/mol. The third-order valence-corrected chi connectivity index (χ3v) is 5.53. The number of ether oxygens (including phenoxy) is 2. The summed E-state index contributed by atoms with van der Waals surface area (Å²) in [6.07, 6.45) is 6.74. The van der Waals surface area contributed by atoms with Gasteiger partial charge >= 0.3 is 5.97 Å². The van der Waals surface area contributed by atoms with E-state index < -0.39 is 22.8 Å². The molecule has 0 amide bonds. The second-order valence-corrected chi connectivity index (χ2v) is 8.68. The van der Waals surface area contributed by atoms with Crippen molar-refractivity contribution in [3.05, 3.63) is 12.2 Å². The van der Waals surface area contributed by atoms with Gasteiger partial charge in [-0.2, -0.15) is 0 Å². The molecule has 1 unspecified atom stereocenters. The lowest BCUT2D eigenvalue weighted by Gasteiger charge is -2.44. The topological polar surface area (TPSA) is 93.1 Å². The van der Waals surface area contributed by atoms with Crippen LogP contribution in [0.2, 0.25) is 0 Å². The first-order valence-corrected chi connectivity index (χ1v) is 9.44. The van der Waals surface area contributed by atoms with E-state index >= 15 is 0 Å². The van der Waals surface area contributed by atoms with Crippen LogP contribution >= 0.6 is 0 Å². The van der Waals surface area contributed by atoms with E-state index in [1.807, 2.05) is 13.8 Å². The molecule has 0 aromatic rings. The van der Waals surface area contributed by atoms with E-state index in [1.165, 1.54) is 12.2 Å². The minimum atomic E-state index is -0.985. The van der Waals surface area contributed by atoms with Crippen molar-refractivity contribution in [2.75, 3.05) is 6.61 Å². The highest BCUT2D eigenvalue weighted by molar-refractivity contribution is 5.91. The zero-order valence-electron chi connectivity index (χ0n) is 16.3. The average molecular weight is 368 g/mol. The molecule has 0 spiro atoms. The molecule has 0 aliphatic carbocycles. The molecule has 2 aliphatic heterocycles. The number of ketones is 1. The third kappa shape index (κ3) is 5.38. The highest BCUT2D eigenvalue weighted by Crippen LogP contribution is 2.46. The van der Waals surface area contributed by atoms with Crippen molar-refractivity contribution in [3.8, 4) is 0 Å². The normalized spacial score (nSPS) is 32.7. The van der Waals surface area contributed by atoms with E-state index in [4.69, 9.17) is 14.6 Å². The van der Waals surface area contributed by atoms with E-state index in [2.05, 4.69) is 0 Å². The minimum absolute atomic E-state index is 0.0134. The van der Waals surface area contributed by atoms with Gasteiger partial charge in [-0.25, -0.2) is 0 Å². The van der Waals surface area contributed by atoms with Gasteiger partial charge in [-0.05, 0) is 59.0 Å². The first kappa shape index (κ1) is 21.1. The number of allylic oxidation sites excluding steroid dienone is 1. The number of hydrogen-bond donors (Lipinski definition) is 2. The van der Waals surface area contributed by atoms with Gasteiger partial charge in [-0.1, -0.05) is 13.0 Å². The summed E-state index contributed by atoms with van der Waals surface area (Å²) in [5.41, 5.74) is -2.08. The van der Waals surface area contributed by atoms with E-state index in [0.717, 1.165) is 32.1 Å². The van der Waals surface area contributed by atoms with E-state index in [1.54, 1.807) is 13.8 Å². The summed E-state index contributed by atoms with van der Waals surface area (Å²) in [6, 6.07) is 0. The summed E-state index contributed by atoms with van der Waals surface area (Å²) >= 11 is 0. The number of carboxylic acid groups (broad SMARTS) is 1. The quantitative estimate of drug-likeness (QED) is 0.608. The number of carboxylic acids is 1. The van der Waals surface area contributed by atoms with Gasteiger partial charge in [0.05, 0.1) is 30.3 Å². The molecule has 0 radical (unpaired) electrons. The Balaban J connectivity index is 1.82. The predicted octanol–water partition coefficient (Wildman–Crippen LogP) is 2.87. The van der Waals surface area contributed by atoms with Crippen LogP contribution in [-0.4, -0.2) is 51.5 Å². The Kier molecular flexibility index (Phi) is 6.31. The molecule has 6 heteroatoms. The third-order valence-electron chi connectivity index (χ3n) is 5.53. The van der Waals surface area contributed by atoms with Crippen LogP contribution in [0.15, 0.2) is 12.2 Å². The van der Waals surface area contributed by atoms with Crippen molar-refractivity contribution < 1.29 is 29.3 Å². The van der Waals surface area contributed by atoms with Crippen molar-refractivity contribution in [2.45, 2.75) is 89.1 Å². The van der Waals surface area contributed by atoms with Crippen LogP contribution in [0.4, 0.5) is 0 Å². The van der Waals surface area contributed by atoms with Gasteiger partial charge in [0.25, 0.3) is 0 Å². The monoisotopic (exact) mass is 368 g/mol. The fraction of sp³-hybridized carbons (Fsp3) is 0.800. The molecule has 6 nitrogen and oxygen atoms in total. The predicted molar refractivity (Wildman–Crippen MR) is 96.9 cm³/mol. The fourth-order valence-corrected chi connectivity index (χ4v) is 3.78. The standard InChI is InChI=1S/C20H32O6/c1-14(15(21)7-10-18(2,3)24)6-5-9-19(4)16-8-11-20(26-16,13-25-19)12-17(22)23/h7,10,14,16,24H,5-6,8-9,11-13H2,1-4H3,(H,22,23)/b10-7+/t14?,16-,19+,20-/m1/s1. The molecule has 0 aromatic heterocycles. The zero-order chi connectivity index (χ0) is 19.6. The van der Waals surface area contributed by atoms with E-state index in [9.17, 15) is 14.7 Å². The summed E-state index contributed by atoms with van der Waals surface area (Å²) < 4.78 is 12.2. The second-order valence-electron chi connectivity index (χ2n) is 8.68. The van der Waals surface area contributed by atoms with Gasteiger partial charge < -0.3 is 19.7 Å². The molecule has 148 valence electrons. The maximum Gasteiger partial charge on any atom is 0.306 e. The van der Waals surface area contributed by atoms with Crippen molar-refractivity contribution in [1.82, 2.24) is 0 Å². The Labute approximate surface area is 155 Å². The molecular formula is C20H32O6. The lowest BCUT2D eigenvalue weighted by atomic mass is 9.88. The van der Waals surface area contributed by atoms with Gasteiger partial charge in [0, 0.05) is 5.92 Å². The Morgan fingerprint density at radius 1 is 1.38 bits per heavy atom. The molecule has 2 bridgehead atoms. The number of fused-ring (bicyclic) bond motifs is 2. The Hall–Kier alpha value is -1.24. The second kappa shape index (κ2) is 7.79. The first-order chi connectivity index (χ1) is 11.9. The van der Waals surface area contributed by atoms with Crippen molar-refractivity contribution >= 4 is 11.8 Å². The molecule has 2 saturated heterocycles. The summed E-state index contributed by atoms with van der Waals surface area (Å²) in [7, 11) is 0. The van der Waals surface area contributed by atoms with Gasteiger partial charge in [0.15, 0.2) is 5.78 Å². The van der Waals surface area contributed by atoms with Gasteiger partial charge in [-0.15, -0.1) is 0 Å². The average Bonchev–Trinajstić information content (AvgIpc) is 2.89. The Morgan fingerprint density at radius 3 is 2.69 bits per heavy atom. The van der Waals surface area contributed by atoms with Gasteiger partial charge in [0.2, 0.25) is 0 Å². The van der Waals surface area contributed by atoms with Crippen molar-refractivity contribution in [1.29, 1.82) is 0 Å². The maximum atomic E-state index is 12.1.